The highest BCUT2D eigenvalue weighted by Gasteiger charge is 2.56. The molecule has 2 aromatic rings. The molecule has 0 N–H and O–H groups in total. The molecule has 0 aliphatic carbocycles. The summed E-state index contributed by atoms with van der Waals surface area (Å²) in [4.78, 5) is 14.2. The van der Waals surface area contributed by atoms with Crippen LogP contribution in [0, 0.1) is 0 Å². The van der Waals surface area contributed by atoms with Gasteiger partial charge in [0.05, 0.1) is 18.7 Å². The number of hydrogen-bond donors (Lipinski definition) is 0. The van der Waals surface area contributed by atoms with Crippen LogP contribution >= 0.6 is 0 Å². The summed E-state index contributed by atoms with van der Waals surface area (Å²) >= 11 is 0. The summed E-state index contributed by atoms with van der Waals surface area (Å²) in [5.74, 6) is 0. The maximum Gasteiger partial charge on any atom is 0.410 e. The summed E-state index contributed by atoms with van der Waals surface area (Å²) in [6.45, 7) is 15.7. The topological polar surface area (TPSA) is 38.8 Å². The van der Waals surface area contributed by atoms with E-state index in [1.165, 1.54) is 10.4 Å². The van der Waals surface area contributed by atoms with E-state index in [1.54, 1.807) is 4.90 Å². The number of benzene rings is 2. The van der Waals surface area contributed by atoms with E-state index < -0.39 is 19.5 Å². The van der Waals surface area contributed by atoms with E-state index in [1.807, 2.05) is 32.9 Å². The molecule has 0 atom stereocenters. The fourth-order valence-corrected chi connectivity index (χ4v) is 9.10. The Morgan fingerprint density at radius 1 is 0.867 bits per heavy atom. The van der Waals surface area contributed by atoms with Crippen molar-refractivity contribution in [3.8, 4) is 0 Å². The Labute approximate surface area is 182 Å². The zero-order valence-electron chi connectivity index (χ0n) is 19.4. The molecule has 5 heteroatoms. The van der Waals surface area contributed by atoms with Crippen molar-refractivity contribution >= 4 is 24.8 Å². The molecule has 1 amide bonds. The number of hydrogen-bond acceptors (Lipinski definition) is 3. The Bertz CT molecular complexity index is 823. The predicted octanol–water partition coefficient (Wildman–Crippen LogP) is 4.57. The molecule has 2 aromatic carbocycles. The minimum atomic E-state index is -2.64. The second kappa shape index (κ2) is 7.86. The molecule has 1 heterocycles. The normalized spacial score (nSPS) is 16.7. The van der Waals surface area contributed by atoms with Gasteiger partial charge in [-0.15, -0.1) is 0 Å². The number of ether oxygens (including phenoxy) is 1. The van der Waals surface area contributed by atoms with Crippen molar-refractivity contribution in [2.75, 3.05) is 13.1 Å². The third kappa shape index (κ3) is 4.47. The van der Waals surface area contributed by atoms with Crippen molar-refractivity contribution in [3.63, 3.8) is 0 Å². The highest BCUT2D eigenvalue weighted by Crippen LogP contribution is 2.41. The highest BCUT2D eigenvalue weighted by atomic mass is 28.4. The van der Waals surface area contributed by atoms with Gasteiger partial charge in [0.15, 0.2) is 0 Å². The van der Waals surface area contributed by atoms with Gasteiger partial charge in [-0.3, -0.25) is 0 Å². The summed E-state index contributed by atoms with van der Waals surface area (Å²) in [6.07, 6.45) is -0.272. The minimum Gasteiger partial charge on any atom is -0.444 e. The van der Waals surface area contributed by atoms with Crippen LogP contribution in [-0.2, 0) is 9.16 Å². The smallest absolute Gasteiger partial charge is 0.410 e. The van der Waals surface area contributed by atoms with Crippen LogP contribution in [0.25, 0.3) is 0 Å². The van der Waals surface area contributed by atoms with Crippen LogP contribution in [-0.4, -0.2) is 43.6 Å². The van der Waals surface area contributed by atoms with Crippen LogP contribution in [0.2, 0.25) is 5.04 Å². The molecule has 0 bridgehead atoms. The van der Waals surface area contributed by atoms with Gasteiger partial charge >= 0.3 is 6.09 Å². The Balaban J connectivity index is 1.96. The van der Waals surface area contributed by atoms with E-state index in [0.29, 0.717) is 13.1 Å². The molecule has 1 aliphatic heterocycles. The molecule has 1 aliphatic rings. The van der Waals surface area contributed by atoms with E-state index in [2.05, 4.69) is 76.2 Å². The van der Waals surface area contributed by atoms with Crippen molar-refractivity contribution in [2.45, 2.75) is 64.7 Å². The summed E-state index contributed by atoms with van der Waals surface area (Å²) in [7, 11) is -2.64. The van der Waals surface area contributed by atoms with Crippen molar-refractivity contribution < 1.29 is 14.0 Å². The number of likely N-dealkylation sites (tertiary alicyclic amines) is 1. The van der Waals surface area contributed by atoms with E-state index in [9.17, 15) is 4.79 Å². The van der Waals surface area contributed by atoms with Gasteiger partial charge in [0.2, 0.25) is 0 Å². The average molecular weight is 426 g/mol. The molecule has 0 radical (unpaired) electrons. The lowest BCUT2D eigenvalue weighted by atomic mass is 9.98. The van der Waals surface area contributed by atoms with Crippen molar-refractivity contribution in [2.24, 2.45) is 0 Å². The molecular formula is C25H35NO3Si. The summed E-state index contributed by atoms with van der Waals surface area (Å²) in [5.41, 5.74) is -0.913. The highest BCUT2D eigenvalue weighted by molar-refractivity contribution is 6.99. The minimum absolute atomic E-state index is 0.0922. The number of carbonyl (C=O) groups is 1. The first-order chi connectivity index (χ1) is 13.9. The van der Waals surface area contributed by atoms with Gasteiger partial charge in [0, 0.05) is 0 Å². The van der Waals surface area contributed by atoms with Gasteiger partial charge in [-0.1, -0.05) is 81.4 Å². The van der Waals surface area contributed by atoms with Crippen molar-refractivity contribution in [1.82, 2.24) is 4.90 Å². The fourth-order valence-electron chi connectivity index (χ4n) is 4.30. The standard InChI is InChI=1S/C25H35NO3Si/c1-23(2,3)28-22(27)26-18-25(7,19-26)29-30(24(4,5)6,20-14-10-8-11-15-20)21-16-12-9-13-17-21/h8-17H,18-19H2,1-7H3. The van der Waals surface area contributed by atoms with Crippen LogP contribution in [0.15, 0.2) is 60.7 Å². The van der Waals surface area contributed by atoms with E-state index in [0.717, 1.165) is 0 Å². The van der Waals surface area contributed by atoms with Crippen LogP contribution < -0.4 is 10.4 Å². The monoisotopic (exact) mass is 425 g/mol. The Morgan fingerprint density at radius 3 is 1.67 bits per heavy atom. The molecule has 1 saturated heterocycles. The fraction of sp³-hybridized carbons (Fsp3) is 0.480. The van der Waals surface area contributed by atoms with Gasteiger partial charge in [0.25, 0.3) is 8.32 Å². The summed E-state index contributed by atoms with van der Waals surface area (Å²) in [5, 5.41) is 2.41. The number of nitrogens with zero attached hydrogens (tertiary/aromatic N) is 1. The van der Waals surface area contributed by atoms with Gasteiger partial charge in [-0.05, 0) is 43.1 Å². The van der Waals surface area contributed by atoms with Gasteiger partial charge < -0.3 is 14.1 Å². The van der Waals surface area contributed by atoms with Crippen molar-refractivity contribution in [1.29, 1.82) is 0 Å². The maximum absolute atomic E-state index is 12.5. The molecule has 30 heavy (non-hydrogen) atoms. The van der Waals surface area contributed by atoms with E-state index in [-0.39, 0.29) is 11.1 Å². The molecule has 162 valence electrons. The molecule has 0 saturated carbocycles. The van der Waals surface area contributed by atoms with Gasteiger partial charge in [0.1, 0.15) is 5.60 Å². The lowest BCUT2D eigenvalue weighted by Crippen LogP contribution is -2.75. The van der Waals surface area contributed by atoms with Gasteiger partial charge in [-0.25, -0.2) is 4.79 Å². The Hall–Kier alpha value is -2.11. The van der Waals surface area contributed by atoms with E-state index in [4.69, 9.17) is 9.16 Å². The second-order valence-electron chi connectivity index (χ2n) is 10.6. The largest absolute Gasteiger partial charge is 0.444 e. The maximum atomic E-state index is 12.5. The number of amides is 1. The van der Waals surface area contributed by atoms with Crippen LogP contribution in [0.4, 0.5) is 4.79 Å². The number of rotatable bonds is 4. The lowest BCUT2D eigenvalue weighted by Gasteiger charge is -2.55. The Kier molecular flexibility index (Phi) is 5.91. The quantitative estimate of drug-likeness (QED) is 0.674. The van der Waals surface area contributed by atoms with Crippen LogP contribution in [0.5, 0.6) is 0 Å². The average Bonchev–Trinajstić information content (AvgIpc) is 2.63. The molecule has 4 nitrogen and oxygen atoms in total. The zero-order chi connectivity index (χ0) is 22.2. The first-order valence-corrected chi connectivity index (χ1v) is 12.6. The van der Waals surface area contributed by atoms with Crippen LogP contribution in [0.1, 0.15) is 48.5 Å². The summed E-state index contributed by atoms with van der Waals surface area (Å²) in [6, 6.07) is 21.2. The molecular weight excluding hydrogens is 390 g/mol. The third-order valence-electron chi connectivity index (χ3n) is 5.52. The molecule has 0 spiro atoms. The third-order valence-corrected chi connectivity index (χ3v) is 10.7. The van der Waals surface area contributed by atoms with Gasteiger partial charge in [-0.2, -0.15) is 0 Å². The predicted molar refractivity (Wildman–Crippen MR) is 125 cm³/mol. The molecule has 0 aromatic heterocycles. The SMILES string of the molecule is CC(C)(C)OC(=O)N1CC(C)(O[Si](c2ccccc2)(c2ccccc2)C(C)(C)C)C1. The van der Waals surface area contributed by atoms with Crippen LogP contribution in [0.3, 0.4) is 0 Å². The summed E-state index contributed by atoms with van der Waals surface area (Å²) < 4.78 is 12.7. The first kappa shape index (κ1) is 22.6. The lowest BCUT2D eigenvalue weighted by molar-refractivity contribution is -0.0762. The molecule has 1 fully saturated rings. The second-order valence-corrected chi connectivity index (χ2v) is 14.8. The Morgan fingerprint density at radius 2 is 1.30 bits per heavy atom. The first-order valence-electron chi connectivity index (χ1n) is 10.7. The van der Waals surface area contributed by atoms with E-state index >= 15 is 0 Å². The molecule has 0 unspecified atom stereocenters. The van der Waals surface area contributed by atoms with Crippen molar-refractivity contribution in [3.05, 3.63) is 60.7 Å². The molecule has 3 rings (SSSR count). The zero-order valence-corrected chi connectivity index (χ0v) is 20.4. The number of carbonyl (C=O) groups excluding carboxylic acids is 1.